The highest BCUT2D eigenvalue weighted by Crippen LogP contribution is 2.17. The number of aromatic carboxylic acids is 1. The van der Waals surface area contributed by atoms with E-state index in [0.29, 0.717) is 12.2 Å². The number of hydrogen-bond donors (Lipinski definition) is 1. The standard InChI is InChI=1S/C16H19NO4/c1-12-15(16(18)19)8-10-17(12)9-3-11-21-14-6-4-13(20-2)5-7-14/h4-8,10H,3,9,11H2,1-2H3,(H,18,19). The van der Waals surface area contributed by atoms with Gasteiger partial charge in [0.25, 0.3) is 0 Å². The van der Waals surface area contributed by atoms with Crippen molar-refractivity contribution in [2.24, 2.45) is 0 Å². The van der Waals surface area contributed by atoms with Gasteiger partial charge < -0.3 is 19.1 Å². The van der Waals surface area contributed by atoms with Crippen molar-refractivity contribution in [2.75, 3.05) is 13.7 Å². The van der Waals surface area contributed by atoms with E-state index >= 15 is 0 Å². The number of aryl methyl sites for hydroxylation is 1. The van der Waals surface area contributed by atoms with Crippen molar-refractivity contribution in [3.8, 4) is 11.5 Å². The molecule has 1 heterocycles. The van der Waals surface area contributed by atoms with Crippen LogP contribution in [0.1, 0.15) is 22.5 Å². The highest BCUT2D eigenvalue weighted by molar-refractivity contribution is 5.88. The van der Waals surface area contributed by atoms with Crippen LogP contribution in [0, 0.1) is 6.92 Å². The first kappa shape index (κ1) is 15.0. The molecule has 112 valence electrons. The first-order valence-corrected chi connectivity index (χ1v) is 6.77. The molecule has 0 amide bonds. The monoisotopic (exact) mass is 289 g/mol. The minimum atomic E-state index is -0.888. The van der Waals surface area contributed by atoms with Gasteiger partial charge in [0.15, 0.2) is 0 Å². The van der Waals surface area contributed by atoms with Crippen LogP contribution >= 0.6 is 0 Å². The first-order valence-electron chi connectivity index (χ1n) is 6.77. The lowest BCUT2D eigenvalue weighted by atomic mass is 10.2. The summed E-state index contributed by atoms with van der Waals surface area (Å²) >= 11 is 0. The number of benzene rings is 1. The van der Waals surface area contributed by atoms with Crippen LogP contribution in [0.3, 0.4) is 0 Å². The van der Waals surface area contributed by atoms with Crippen molar-refractivity contribution in [1.82, 2.24) is 4.57 Å². The fourth-order valence-corrected chi connectivity index (χ4v) is 2.12. The van der Waals surface area contributed by atoms with E-state index < -0.39 is 5.97 Å². The summed E-state index contributed by atoms with van der Waals surface area (Å²) in [5, 5.41) is 8.99. The second kappa shape index (κ2) is 6.83. The van der Waals surface area contributed by atoms with Gasteiger partial charge in [0, 0.05) is 18.4 Å². The summed E-state index contributed by atoms with van der Waals surface area (Å²) < 4.78 is 12.6. The van der Waals surface area contributed by atoms with Crippen LogP contribution in [0.5, 0.6) is 11.5 Å². The highest BCUT2D eigenvalue weighted by atomic mass is 16.5. The fourth-order valence-electron chi connectivity index (χ4n) is 2.12. The zero-order chi connectivity index (χ0) is 15.2. The number of rotatable bonds is 7. The van der Waals surface area contributed by atoms with E-state index in [0.717, 1.165) is 30.2 Å². The van der Waals surface area contributed by atoms with E-state index in [4.69, 9.17) is 14.6 Å². The largest absolute Gasteiger partial charge is 0.497 e. The molecule has 0 saturated heterocycles. The van der Waals surface area contributed by atoms with Crippen molar-refractivity contribution in [1.29, 1.82) is 0 Å². The predicted octanol–water partition coefficient (Wildman–Crippen LogP) is 2.97. The second-order valence-electron chi connectivity index (χ2n) is 4.69. The minimum Gasteiger partial charge on any atom is -0.497 e. The van der Waals surface area contributed by atoms with E-state index in [1.54, 1.807) is 19.4 Å². The number of nitrogens with zero attached hydrogens (tertiary/aromatic N) is 1. The summed E-state index contributed by atoms with van der Waals surface area (Å²) in [4.78, 5) is 11.0. The van der Waals surface area contributed by atoms with Crippen molar-refractivity contribution in [3.63, 3.8) is 0 Å². The molecule has 0 radical (unpaired) electrons. The Hall–Kier alpha value is -2.43. The van der Waals surface area contributed by atoms with Crippen molar-refractivity contribution < 1.29 is 19.4 Å². The maximum Gasteiger partial charge on any atom is 0.337 e. The average Bonchev–Trinajstić information content (AvgIpc) is 2.85. The number of carboxylic acids is 1. The van der Waals surface area contributed by atoms with E-state index in [1.165, 1.54) is 0 Å². The van der Waals surface area contributed by atoms with Crippen LogP contribution in [0.2, 0.25) is 0 Å². The number of carboxylic acid groups (broad SMARTS) is 1. The maximum atomic E-state index is 11.0. The Morgan fingerprint density at radius 1 is 1.19 bits per heavy atom. The topological polar surface area (TPSA) is 60.7 Å². The maximum absolute atomic E-state index is 11.0. The zero-order valence-electron chi connectivity index (χ0n) is 12.2. The number of aromatic nitrogens is 1. The number of methoxy groups -OCH3 is 1. The Labute approximate surface area is 123 Å². The predicted molar refractivity (Wildman–Crippen MR) is 79.2 cm³/mol. The third-order valence-electron chi connectivity index (χ3n) is 3.34. The molecule has 2 rings (SSSR count). The van der Waals surface area contributed by atoms with E-state index in [-0.39, 0.29) is 0 Å². The van der Waals surface area contributed by atoms with E-state index in [2.05, 4.69) is 0 Å². The highest BCUT2D eigenvalue weighted by Gasteiger charge is 2.10. The summed E-state index contributed by atoms with van der Waals surface area (Å²) in [5.41, 5.74) is 1.12. The van der Waals surface area contributed by atoms with Crippen LogP contribution in [-0.4, -0.2) is 29.4 Å². The summed E-state index contributed by atoms with van der Waals surface area (Å²) in [6.45, 7) is 3.12. The number of ether oxygens (including phenoxy) is 2. The molecule has 5 heteroatoms. The van der Waals surface area contributed by atoms with Gasteiger partial charge in [-0.25, -0.2) is 4.79 Å². The lowest BCUT2D eigenvalue weighted by molar-refractivity contribution is 0.0696. The normalized spacial score (nSPS) is 10.4. The van der Waals surface area contributed by atoms with Crippen LogP contribution in [0.15, 0.2) is 36.5 Å². The third-order valence-corrected chi connectivity index (χ3v) is 3.34. The van der Waals surface area contributed by atoms with Crippen LogP contribution in [0.4, 0.5) is 0 Å². The molecule has 0 unspecified atom stereocenters. The molecule has 1 N–H and O–H groups in total. The number of hydrogen-bond acceptors (Lipinski definition) is 3. The van der Waals surface area contributed by atoms with Gasteiger partial charge in [0.1, 0.15) is 11.5 Å². The van der Waals surface area contributed by atoms with Gasteiger partial charge in [-0.15, -0.1) is 0 Å². The smallest absolute Gasteiger partial charge is 0.337 e. The molecule has 0 spiro atoms. The average molecular weight is 289 g/mol. The van der Waals surface area contributed by atoms with Crippen LogP contribution in [0.25, 0.3) is 0 Å². The minimum absolute atomic E-state index is 0.353. The lowest BCUT2D eigenvalue weighted by Gasteiger charge is -2.09. The van der Waals surface area contributed by atoms with Gasteiger partial charge in [0.05, 0.1) is 19.3 Å². The molecule has 0 saturated carbocycles. The molecule has 1 aromatic heterocycles. The van der Waals surface area contributed by atoms with E-state index in [9.17, 15) is 4.79 Å². The molecule has 0 aliphatic carbocycles. The zero-order valence-corrected chi connectivity index (χ0v) is 12.2. The van der Waals surface area contributed by atoms with Crippen molar-refractivity contribution in [2.45, 2.75) is 19.9 Å². The molecule has 21 heavy (non-hydrogen) atoms. The van der Waals surface area contributed by atoms with Crippen molar-refractivity contribution >= 4 is 5.97 Å². The molecule has 1 aromatic carbocycles. The molecule has 2 aromatic rings. The quantitative estimate of drug-likeness (QED) is 0.796. The van der Waals surface area contributed by atoms with Gasteiger partial charge in [-0.1, -0.05) is 0 Å². The molecule has 0 atom stereocenters. The Kier molecular flexibility index (Phi) is 4.87. The van der Waals surface area contributed by atoms with Crippen LogP contribution < -0.4 is 9.47 Å². The van der Waals surface area contributed by atoms with Gasteiger partial charge in [0.2, 0.25) is 0 Å². The SMILES string of the molecule is COc1ccc(OCCCn2ccc(C(=O)O)c2C)cc1. The first-order chi connectivity index (χ1) is 10.1. The Morgan fingerprint density at radius 2 is 1.86 bits per heavy atom. The fraction of sp³-hybridized carbons (Fsp3) is 0.312. The molecule has 0 bridgehead atoms. The lowest BCUT2D eigenvalue weighted by Crippen LogP contribution is -2.06. The van der Waals surface area contributed by atoms with Gasteiger partial charge in [-0.3, -0.25) is 0 Å². The molecular weight excluding hydrogens is 270 g/mol. The number of carbonyl (C=O) groups is 1. The summed E-state index contributed by atoms with van der Waals surface area (Å²) in [7, 11) is 1.63. The Balaban J connectivity index is 1.80. The van der Waals surface area contributed by atoms with Gasteiger partial charge in [-0.05, 0) is 43.7 Å². The molecule has 5 nitrogen and oxygen atoms in total. The second-order valence-corrected chi connectivity index (χ2v) is 4.69. The molecule has 0 aliphatic rings. The van der Waals surface area contributed by atoms with E-state index in [1.807, 2.05) is 35.8 Å². The molecule has 0 fully saturated rings. The Morgan fingerprint density at radius 3 is 2.43 bits per heavy atom. The van der Waals surface area contributed by atoms with Crippen LogP contribution in [-0.2, 0) is 6.54 Å². The summed E-state index contributed by atoms with van der Waals surface area (Å²) in [5.74, 6) is 0.707. The summed E-state index contributed by atoms with van der Waals surface area (Å²) in [6, 6.07) is 9.06. The third kappa shape index (κ3) is 3.78. The Bertz CT molecular complexity index is 601. The van der Waals surface area contributed by atoms with Gasteiger partial charge >= 0.3 is 5.97 Å². The molecule has 0 aliphatic heterocycles. The van der Waals surface area contributed by atoms with Crippen molar-refractivity contribution in [3.05, 3.63) is 47.8 Å². The van der Waals surface area contributed by atoms with Gasteiger partial charge in [-0.2, -0.15) is 0 Å². The summed E-state index contributed by atoms with van der Waals surface area (Å²) in [6.07, 6.45) is 2.60. The molecular formula is C16H19NO4.